The van der Waals surface area contributed by atoms with Gasteiger partial charge in [-0.1, -0.05) is 13.8 Å². The summed E-state index contributed by atoms with van der Waals surface area (Å²) >= 11 is 0. The summed E-state index contributed by atoms with van der Waals surface area (Å²) < 4.78 is 37.7. The molecular formula is C12H23F3N2O. The zero-order valence-corrected chi connectivity index (χ0v) is 11.5. The quantitative estimate of drug-likeness (QED) is 0.804. The molecule has 0 rings (SSSR count). The van der Waals surface area contributed by atoms with Crippen LogP contribution in [0.4, 0.5) is 13.2 Å². The van der Waals surface area contributed by atoms with Crippen molar-refractivity contribution in [2.24, 2.45) is 11.1 Å². The molecule has 0 aliphatic heterocycles. The van der Waals surface area contributed by atoms with Crippen molar-refractivity contribution in [3.8, 4) is 0 Å². The monoisotopic (exact) mass is 268 g/mol. The zero-order valence-electron chi connectivity index (χ0n) is 11.5. The number of nitrogens with two attached hydrogens (primary N) is 1. The average Bonchev–Trinajstić information content (AvgIpc) is 2.26. The van der Waals surface area contributed by atoms with Crippen LogP contribution in [-0.4, -0.2) is 36.1 Å². The van der Waals surface area contributed by atoms with E-state index in [1.165, 1.54) is 0 Å². The molecule has 0 aromatic heterocycles. The first-order chi connectivity index (χ1) is 8.09. The van der Waals surface area contributed by atoms with Gasteiger partial charge in [-0.2, -0.15) is 13.2 Å². The maximum Gasteiger partial charge on any atom is 0.406 e. The van der Waals surface area contributed by atoms with Crippen molar-refractivity contribution in [2.75, 3.05) is 13.1 Å². The summed E-state index contributed by atoms with van der Waals surface area (Å²) in [6.07, 6.45) is -3.39. The second-order valence-electron chi connectivity index (χ2n) is 5.11. The summed E-state index contributed by atoms with van der Waals surface area (Å²) in [4.78, 5) is 13.1. The van der Waals surface area contributed by atoms with Gasteiger partial charge < -0.3 is 10.6 Å². The summed E-state index contributed by atoms with van der Waals surface area (Å²) in [5.41, 5.74) is 4.50. The Kier molecular flexibility index (Phi) is 6.13. The molecule has 0 aromatic rings. The predicted molar refractivity (Wildman–Crippen MR) is 65.0 cm³/mol. The Morgan fingerprint density at radius 2 is 1.67 bits per heavy atom. The van der Waals surface area contributed by atoms with E-state index in [-0.39, 0.29) is 6.54 Å². The lowest BCUT2D eigenvalue weighted by atomic mass is 9.90. The first-order valence-electron chi connectivity index (χ1n) is 6.17. The number of carbonyl (C=O) groups is 1. The molecule has 3 nitrogen and oxygen atoms in total. The number of halogens is 3. The number of alkyl halides is 3. The minimum absolute atomic E-state index is 0.0281. The van der Waals surface area contributed by atoms with Crippen LogP contribution in [0.5, 0.6) is 0 Å². The van der Waals surface area contributed by atoms with Crippen molar-refractivity contribution >= 4 is 5.91 Å². The third-order valence-electron chi connectivity index (χ3n) is 3.08. The molecule has 0 aliphatic rings. The number of nitrogens with zero attached hydrogens (tertiary/aromatic N) is 1. The van der Waals surface area contributed by atoms with Gasteiger partial charge in [0.1, 0.15) is 6.54 Å². The molecule has 18 heavy (non-hydrogen) atoms. The minimum Gasteiger partial charge on any atom is -0.330 e. The fraction of sp³-hybridized carbons (Fsp3) is 0.917. The van der Waals surface area contributed by atoms with Crippen LogP contribution in [0.2, 0.25) is 0 Å². The van der Waals surface area contributed by atoms with E-state index in [1.807, 2.05) is 0 Å². The molecule has 0 heterocycles. The van der Waals surface area contributed by atoms with Gasteiger partial charge in [-0.05, 0) is 26.7 Å². The van der Waals surface area contributed by atoms with Gasteiger partial charge in [-0.3, -0.25) is 4.79 Å². The lowest BCUT2D eigenvalue weighted by Gasteiger charge is -2.36. The Labute approximate surface area is 107 Å². The van der Waals surface area contributed by atoms with Crippen LogP contribution in [0.25, 0.3) is 0 Å². The topological polar surface area (TPSA) is 46.3 Å². The fourth-order valence-electron chi connectivity index (χ4n) is 1.77. The fourth-order valence-corrected chi connectivity index (χ4v) is 1.77. The van der Waals surface area contributed by atoms with Crippen molar-refractivity contribution in [2.45, 2.75) is 52.8 Å². The van der Waals surface area contributed by atoms with Crippen molar-refractivity contribution < 1.29 is 18.0 Å². The lowest BCUT2D eigenvalue weighted by Crippen LogP contribution is -2.52. The van der Waals surface area contributed by atoms with Crippen LogP contribution in [0.1, 0.15) is 40.5 Å². The molecule has 0 aliphatic carbocycles. The third-order valence-corrected chi connectivity index (χ3v) is 3.08. The number of carbonyl (C=O) groups excluding carboxylic acids is 1. The lowest BCUT2D eigenvalue weighted by molar-refractivity contribution is -0.171. The van der Waals surface area contributed by atoms with E-state index in [0.29, 0.717) is 12.8 Å². The van der Waals surface area contributed by atoms with Gasteiger partial charge in [-0.25, -0.2) is 0 Å². The van der Waals surface area contributed by atoms with Crippen molar-refractivity contribution in [1.82, 2.24) is 4.90 Å². The van der Waals surface area contributed by atoms with Crippen LogP contribution in [0.3, 0.4) is 0 Å². The molecule has 0 radical (unpaired) electrons. The summed E-state index contributed by atoms with van der Waals surface area (Å²) in [6, 6.07) is -0.398. The Hall–Kier alpha value is -0.780. The molecule has 0 aromatic carbocycles. The molecule has 6 heteroatoms. The second kappa shape index (κ2) is 6.41. The average molecular weight is 268 g/mol. The van der Waals surface area contributed by atoms with Gasteiger partial charge >= 0.3 is 6.18 Å². The summed E-state index contributed by atoms with van der Waals surface area (Å²) in [7, 11) is 0. The van der Waals surface area contributed by atoms with Crippen LogP contribution in [-0.2, 0) is 4.79 Å². The van der Waals surface area contributed by atoms with Gasteiger partial charge in [0.25, 0.3) is 0 Å². The predicted octanol–water partition coefficient (Wildman–Crippen LogP) is 2.55. The smallest absolute Gasteiger partial charge is 0.330 e. The van der Waals surface area contributed by atoms with Crippen LogP contribution >= 0.6 is 0 Å². The molecule has 2 N–H and O–H groups in total. The number of hydrogen-bond donors (Lipinski definition) is 1. The summed E-state index contributed by atoms with van der Waals surface area (Å²) in [5.74, 6) is -0.531. The van der Waals surface area contributed by atoms with E-state index in [9.17, 15) is 18.0 Å². The van der Waals surface area contributed by atoms with E-state index < -0.39 is 30.1 Å². The van der Waals surface area contributed by atoms with E-state index >= 15 is 0 Å². The second-order valence-corrected chi connectivity index (χ2v) is 5.11. The highest BCUT2D eigenvalue weighted by atomic mass is 19.4. The zero-order chi connectivity index (χ0) is 14.6. The number of amides is 1. The minimum atomic E-state index is -4.39. The molecule has 1 amide bonds. The molecule has 0 saturated carbocycles. The third kappa shape index (κ3) is 4.84. The van der Waals surface area contributed by atoms with E-state index in [1.54, 1.807) is 27.7 Å². The SMILES string of the molecule is CCC(CC)N(CC(F)(F)F)C(=O)C(C)(C)CN. The Bertz CT molecular complexity index is 273. The molecule has 0 fully saturated rings. The number of hydrogen-bond acceptors (Lipinski definition) is 2. The van der Waals surface area contributed by atoms with Gasteiger partial charge in [0, 0.05) is 12.6 Å². The van der Waals surface area contributed by atoms with E-state index in [2.05, 4.69) is 0 Å². The normalized spacial score (nSPS) is 12.9. The van der Waals surface area contributed by atoms with Crippen molar-refractivity contribution in [1.29, 1.82) is 0 Å². The molecule has 0 spiro atoms. The largest absolute Gasteiger partial charge is 0.406 e. The standard InChI is InChI=1S/C12H23F3N2O/c1-5-9(6-2)17(8-12(13,14)15)10(18)11(3,4)7-16/h9H,5-8,16H2,1-4H3. The summed E-state index contributed by atoms with van der Waals surface area (Å²) in [5, 5.41) is 0. The molecule has 0 unspecified atom stereocenters. The van der Waals surface area contributed by atoms with Gasteiger partial charge in [-0.15, -0.1) is 0 Å². The highest BCUT2D eigenvalue weighted by Crippen LogP contribution is 2.26. The van der Waals surface area contributed by atoms with Crippen LogP contribution < -0.4 is 5.73 Å². The van der Waals surface area contributed by atoms with Crippen LogP contribution in [0.15, 0.2) is 0 Å². The molecule has 108 valence electrons. The van der Waals surface area contributed by atoms with Gasteiger partial charge in [0.05, 0.1) is 5.41 Å². The molecule has 0 bridgehead atoms. The Morgan fingerprint density at radius 3 is 1.94 bits per heavy atom. The summed E-state index contributed by atoms with van der Waals surface area (Å²) in [6.45, 7) is 5.52. The maximum atomic E-state index is 12.6. The molecule has 0 saturated heterocycles. The van der Waals surface area contributed by atoms with E-state index in [0.717, 1.165) is 4.90 Å². The number of rotatable bonds is 6. The Balaban J connectivity index is 5.15. The van der Waals surface area contributed by atoms with Crippen molar-refractivity contribution in [3.63, 3.8) is 0 Å². The first-order valence-corrected chi connectivity index (χ1v) is 6.17. The molecular weight excluding hydrogens is 245 g/mol. The molecule has 0 atom stereocenters. The van der Waals surface area contributed by atoms with Gasteiger partial charge in [0.2, 0.25) is 5.91 Å². The maximum absolute atomic E-state index is 12.6. The van der Waals surface area contributed by atoms with Crippen molar-refractivity contribution in [3.05, 3.63) is 0 Å². The van der Waals surface area contributed by atoms with E-state index in [4.69, 9.17) is 5.73 Å². The first kappa shape index (κ1) is 17.2. The Morgan fingerprint density at radius 1 is 1.22 bits per heavy atom. The van der Waals surface area contributed by atoms with Crippen LogP contribution in [0, 0.1) is 5.41 Å². The van der Waals surface area contributed by atoms with Gasteiger partial charge in [0.15, 0.2) is 0 Å². The highest BCUT2D eigenvalue weighted by Gasteiger charge is 2.40. The highest BCUT2D eigenvalue weighted by molar-refractivity contribution is 5.82.